The van der Waals surface area contributed by atoms with Crippen LogP contribution in [0.2, 0.25) is 0 Å². The number of benzene rings is 2. The van der Waals surface area contributed by atoms with Crippen molar-refractivity contribution in [2.75, 3.05) is 19.0 Å². The van der Waals surface area contributed by atoms with Crippen LogP contribution in [-0.2, 0) is 4.79 Å². The minimum absolute atomic E-state index is 0.131. The van der Waals surface area contributed by atoms with E-state index in [1.165, 1.54) is 5.56 Å². The van der Waals surface area contributed by atoms with E-state index in [0.29, 0.717) is 0 Å². The van der Waals surface area contributed by atoms with Crippen LogP contribution < -0.4 is 15.5 Å². The lowest BCUT2D eigenvalue weighted by Gasteiger charge is -2.09. The molecule has 2 aromatic carbocycles. The van der Waals surface area contributed by atoms with Gasteiger partial charge in [0.2, 0.25) is 0 Å². The Morgan fingerprint density at radius 2 is 1.76 bits per heavy atom. The maximum absolute atomic E-state index is 12.0. The largest absolute Gasteiger partial charge is 0.497 e. The average molecular weight is 390 g/mol. The van der Waals surface area contributed by atoms with E-state index in [1.807, 2.05) is 31.2 Å². The first kappa shape index (κ1) is 20.2. The standard InChI is InChI=1S/C23H26N4O2/c1-16-5-9-21(10-6-16)27-17(2)13-19(18(27)3)14-25-26-23(28)15-24-20-7-11-22(29-4)12-8-20/h5-14,24H,15H2,1-4H3,(H,26,28)/b25-14-. The second kappa shape index (κ2) is 9.10. The minimum atomic E-state index is -0.218. The summed E-state index contributed by atoms with van der Waals surface area (Å²) in [5, 5.41) is 7.16. The molecule has 6 nitrogen and oxygen atoms in total. The highest BCUT2D eigenvalue weighted by atomic mass is 16.5. The molecule has 0 atom stereocenters. The summed E-state index contributed by atoms with van der Waals surface area (Å²) >= 11 is 0. The van der Waals surface area contributed by atoms with Gasteiger partial charge in [-0.25, -0.2) is 5.43 Å². The Bertz CT molecular complexity index is 1000. The smallest absolute Gasteiger partial charge is 0.259 e. The zero-order valence-electron chi connectivity index (χ0n) is 17.2. The number of hydrogen-bond acceptors (Lipinski definition) is 4. The third-order valence-corrected chi connectivity index (χ3v) is 4.70. The van der Waals surface area contributed by atoms with Gasteiger partial charge in [0.05, 0.1) is 19.9 Å². The van der Waals surface area contributed by atoms with Crippen LogP contribution in [0.4, 0.5) is 5.69 Å². The molecule has 0 spiro atoms. The zero-order valence-corrected chi connectivity index (χ0v) is 17.2. The number of rotatable bonds is 7. The Morgan fingerprint density at radius 1 is 1.07 bits per heavy atom. The number of ether oxygens (including phenoxy) is 1. The van der Waals surface area contributed by atoms with Crippen molar-refractivity contribution in [3.05, 3.63) is 77.1 Å². The molecule has 0 unspecified atom stereocenters. The van der Waals surface area contributed by atoms with Crippen molar-refractivity contribution >= 4 is 17.8 Å². The van der Waals surface area contributed by atoms with Gasteiger partial charge in [0, 0.05) is 28.3 Å². The molecule has 150 valence electrons. The van der Waals surface area contributed by atoms with E-state index in [-0.39, 0.29) is 12.5 Å². The predicted octanol–water partition coefficient (Wildman–Crippen LogP) is 3.97. The summed E-state index contributed by atoms with van der Waals surface area (Å²) in [5.74, 6) is 0.553. The van der Waals surface area contributed by atoms with Gasteiger partial charge in [-0.1, -0.05) is 17.7 Å². The summed E-state index contributed by atoms with van der Waals surface area (Å²) in [7, 11) is 1.62. The number of hydrogen-bond donors (Lipinski definition) is 2. The van der Waals surface area contributed by atoms with Gasteiger partial charge in [-0.3, -0.25) is 4.79 Å². The molecule has 0 fully saturated rings. The molecule has 1 heterocycles. The first-order valence-corrected chi connectivity index (χ1v) is 9.43. The van der Waals surface area contributed by atoms with Crippen molar-refractivity contribution in [1.29, 1.82) is 0 Å². The van der Waals surface area contributed by atoms with Gasteiger partial charge < -0.3 is 14.6 Å². The van der Waals surface area contributed by atoms with Gasteiger partial charge in [0.1, 0.15) is 5.75 Å². The molecule has 0 saturated carbocycles. The van der Waals surface area contributed by atoms with Crippen LogP contribution in [0, 0.1) is 20.8 Å². The van der Waals surface area contributed by atoms with E-state index in [1.54, 1.807) is 13.3 Å². The molecule has 0 aliphatic carbocycles. The third kappa shape index (κ3) is 5.04. The van der Waals surface area contributed by atoms with E-state index in [2.05, 4.69) is 64.6 Å². The molecule has 0 aliphatic rings. The monoisotopic (exact) mass is 390 g/mol. The number of aromatic nitrogens is 1. The predicted molar refractivity (Wildman–Crippen MR) is 117 cm³/mol. The topological polar surface area (TPSA) is 67.7 Å². The number of hydrazone groups is 1. The van der Waals surface area contributed by atoms with E-state index < -0.39 is 0 Å². The van der Waals surface area contributed by atoms with Crippen molar-refractivity contribution < 1.29 is 9.53 Å². The molecule has 2 N–H and O–H groups in total. The zero-order chi connectivity index (χ0) is 20.8. The number of anilines is 1. The van der Waals surface area contributed by atoms with Crippen molar-refractivity contribution in [2.24, 2.45) is 5.10 Å². The molecule has 0 saturated heterocycles. The summed E-state index contributed by atoms with van der Waals surface area (Å²) < 4.78 is 7.29. The fraction of sp³-hybridized carbons (Fsp3) is 0.217. The molecular formula is C23H26N4O2. The van der Waals surface area contributed by atoms with Gasteiger partial charge in [-0.2, -0.15) is 5.10 Å². The SMILES string of the molecule is COc1ccc(NCC(=O)N/N=C\c2cc(C)n(-c3ccc(C)cc3)c2C)cc1. The summed E-state index contributed by atoms with van der Waals surface area (Å²) in [4.78, 5) is 12.0. The Morgan fingerprint density at radius 3 is 2.41 bits per heavy atom. The molecule has 0 bridgehead atoms. The van der Waals surface area contributed by atoms with Gasteiger partial charge in [-0.15, -0.1) is 0 Å². The number of carbonyl (C=O) groups excluding carboxylic acids is 1. The lowest BCUT2D eigenvalue weighted by Crippen LogP contribution is -2.25. The van der Waals surface area contributed by atoms with Crippen LogP contribution in [0.1, 0.15) is 22.5 Å². The Labute approximate surface area is 171 Å². The lowest BCUT2D eigenvalue weighted by atomic mass is 10.2. The maximum atomic E-state index is 12.0. The van der Waals surface area contributed by atoms with Crippen LogP contribution in [0.25, 0.3) is 5.69 Å². The van der Waals surface area contributed by atoms with Crippen molar-refractivity contribution in [2.45, 2.75) is 20.8 Å². The van der Waals surface area contributed by atoms with Crippen molar-refractivity contribution in [1.82, 2.24) is 9.99 Å². The second-order valence-electron chi connectivity index (χ2n) is 6.87. The molecule has 0 aliphatic heterocycles. The highest BCUT2D eigenvalue weighted by Crippen LogP contribution is 2.20. The first-order chi connectivity index (χ1) is 14.0. The number of aryl methyl sites for hydroxylation is 2. The quantitative estimate of drug-likeness (QED) is 0.474. The summed E-state index contributed by atoms with van der Waals surface area (Å²) in [6, 6.07) is 17.8. The van der Waals surface area contributed by atoms with E-state index in [4.69, 9.17) is 4.74 Å². The fourth-order valence-electron chi connectivity index (χ4n) is 3.11. The van der Waals surface area contributed by atoms with Gasteiger partial charge in [0.15, 0.2) is 0 Å². The van der Waals surface area contributed by atoms with Gasteiger partial charge in [0.25, 0.3) is 5.91 Å². The molecule has 0 radical (unpaired) electrons. The van der Waals surface area contributed by atoms with Crippen LogP contribution in [0.5, 0.6) is 5.75 Å². The van der Waals surface area contributed by atoms with Crippen LogP contribution in [0.3, 0.4) is 0 Å². The van der Waals surface area contributed by atoms with E-state index in [9.17, 15) is 4.79 Å². The average Bonchev–Trinajstić information content (AvgIpc) is 3.01. The summed E-state index contributed by atoms with van der Waals surface area (Å²) in [5.41, 5.74) is 8.88. The summed E-state index contributed by atoms with van der Waals surface area (Å²) in [6.07, 6.45) is 1.68. The van der Waals surface area contributed by atoms with Crippen LogP contribution in [0.15, 0.2) is 59.7 Å². The first-order valence-electron chi connectivity index (χ1n) is 9.43. The van der Waals surface area contributed by atoms with Gasteiger partial charge in [-0.05, 0) is 63.2 Å². The molecule has 3 aromatic rings. The van der Waals surface area contributed by atoms with E-state index in [0.717, 1.165) is 34.1 Å². The van der Waals surface area contributed by atoms with Crippen molar-refractivity contribution in [3.8, 4) is 11.4 Å². The van der Waals surface area contributed by atoms with E-state index >= 15 is 0 Å². The number of nitrogens with zero attached hydrogens (tertiary/aromatic N) is 2. The Balaban J connectivity index is 1.59. The number of methoxy groups -OCH3 is 1. The van der Waals surface area contributed by atoms with Crippen molar-refractivity contribution in [3.63, 3.8) is 0 Å². The lowest BCUT2D eigenvalue weighted by molar-refractivity contribution is -0.119. The normalized spacial score (nSPS) is 10.9. The molecule has 6 heteroatoms. The minimum Gasteiger partial charge on any atom is -0.497 e. The van der Waals surface area contributed by atoms with Crippen LogP contribution >= 0.6 is 0 Å². The number of carbonyl (C=O) groups is 1. The fourth-order valence-corrected chi connectivity index (χ4v) is 3.11. The molecule has 1 aromatic heterocycles. The summed E-state index contributed by atoms with van der Waals surface area (Å²) in [6.45, 7) is 6.30. The molecular weight excluding hydrogens is 364 g/mol. The van der Waals surface area contributed by atoms with Crippen LogP contribution in [-0.4, -0.2) is 30.3 Å². The van der Waals surface area contributed by atoms with Gasteiger partial charge >= 0.3 is 0 Å². The molecule has 1 amide bonds. The number of amides is 1. The Kier molecular flexibility index (Phi) is 6.34. The molecule has 29 heavy (non-hydrogen) atoms. The Hall–Kier alpha value is -3.54. The third-order valence-electron chi connectivity index (χ3n) is 4.70. The highest BCUT2D eigenvalue weighted by Gasteiger charge is 2.09. The highest BCUT2D eigenvalue weighted by molar-refractivity contribution is 5.85. The molecule has 3 rings (SSSR count). The second-order valence-corrected chi connectivity index (χ2v) is 6.87. The number of nitrogens with one attached hydrogen (secondary N) is 2. The maximum Gasteiger partial charge on any atom is 0.259 e.